The molecule has 0 fully saturated rings. The van der Waals surface area contributed by atoms with Gasteiger partial charge in [-0.3, -0.25) is 25.0 Å². The summed E-state index contributed by atoms with van der Waals surface area (Å²) >= 11 is 0. The van der Waals surface area contributed by atoms with Gasteiger partial charge in [0.05, 0.1) is 22.1 Å². The van der Waals surface area contributed by atoms with E-state index in [1.54, 1.807) is 0 Å². The summed E-state index contributed by atoms with van der Waals surface area (Å²) in [6, 6.07) is 3.11. The van der Waals surface area contributed by atoms with E-state index >= 15 is 0 Å². The number of hydrogen-bond acceptors (Lipinski definition) is 5. The first-order chi connectivity index (χ1) is 8.51. The van der Waals surface area contributed by atoms with Crippen molar-refractivity contribution >= 4 is 23.5 Å². The molecule has 0 radical (unpaired) electrons. The van der Waals surface area contributed by atoms with Crippen LogP contribution in [0.2, 0.25) is 0 Å². The number of anilines is 1. The normalized spacial score (nSPS) is 9.28. The van der Waals surface area contributed by atoms with Gasteiger partial charge in [-0.05, 0) is 6.07 Å². The van der Waals surface area contributed by atoms with Crippen molar-refractivity contribution in [3.8, 4) is 12.3 Å². The van der Waals surface area contributed by atoms with Crippen LogP contribution in [-0.4, -0.2) is 22.8 Å². The van der Waals surface area contributed by atoms with Gasteiger partial charge in [-0.1, -0.05) is 5.92 Å². The molecule has 0 heterocycles. The molecule has 1 amide bonds. The molecule has 0 aromatic heterocycles. The number of rotatable bonds is 5. The summed E-state index contributed by atoms with van der Waals surface area (Å²) in [7, 11) is 0. The number of hydrogen-bond donors (Lipinski definition) is 0. The molecule has 0 aliphatic carbocycles. The molecule has 0 atom stereocenters. The van der Waals surface area contributed by atoms with Crippen LogP contribution < -0.4 is 4.90 Å². The van der Waals surface area contributed by atoms with Crippen LogP contribution in [0.1, 0.15) is 0 Å². The second-order valence-corrected chi connectivity index (χ2v) is 3.12. The van der Waals surface area contributed by atoms with Crippen molar-refractivity contribution in [3.63, 3.8) is 0 Å². The lowest BCUT2D eigenvalue weighted by molar-refractivity contribution is -0.422. The van der Waals surface area contributed by atoms with Crippen LogP contribution >= 0.6 is 0 Å². The summed E-state index contributed by atoms with van der Waals surface area (Å²) in [4.78, 5) is 31.3. The highest BCUT2D eigenvalue weighted by Crippen LogP contribution is 2.30. The van der Waals surface area contributed by atoms with E-state index in [2.05, 4.69) is 5.92 Å². The van der Waals surface area contributed by atoms with E-state index in [0.29, 0.717) is 6.41 Å². The Balaban J connectivity index is 3.31. The highest BCUT2D eigenvalue weighted by Gasteiger charge is 2.25. The minimum Gasteiger partial charge on any atom is -0.303 e. The third kappa shape index (κ3) is 2.59. The van der Waals surface area contributed by atoms with Gasteiger partial charge in [-0.15, -0.1) is 6.42 Å². The van der Waals surface area contributed by atoms with Crippen LogP contribution in [0.25, 0.3) is 0 Å². The lowest BCUT2D eigenvalue weighted by atomic mass is 10.2. The van der Waals surface area contributed by atoms with Gasteiger partial charge in [0.25, 0.3) is 0 Å². The number of carbonyl (C=O) groups is 1. The van der Waals surface area contributed by atoms with Crippen molar-refractivity contribution in [1.82, 2.24) is 0 Å². The Morgan fingerprint density at radius 3 is 2.33 bits per heavy atom. The summed E-state index contributed by atoms with van der Waals surface area (Å²) in [5.41, 5.74) is -1.21. The Kier molecular flexibility index (Phi) is 3.93. The van der Waals surface area contributed by atoms with Gasteiger partial charge in [0.2, 0.25) is 6.41 Å². The SMILES string of the molecule is C#CCN(C=O)c1ccc([N+](=O)[O-])c([N+](=O)[O-])c1. The Morgan fingerprint density at radius 2 is 1.89 bits per heavy atom. The van der Waals surface area contributed by atoms with Gasteiger partial charge < -0.3 is 4.90 Å². The number of terminal acetylenes is 1. The molecule has 18 heavy (non-hydrogen) atoms. The number of nitro benzene ring substituents is 2. The number of benzene rings is 1. The average Bonchev–Trinajstić information content (AvgIpc) is 2.35. The van der Waals surface area contributed by atoms with Crippen molar-refractivity contribution in [1.29, 1.82) is 0 Å². The van der Waals surface area contributed by atoms with Crippen LogP contribution in [0.4, 0.5) is 17.1 Å². The Labute approximate surface area is 101 Å². The largest absolute Gasteiger partial charge is 0.348 e. The number of carbonyl (C=O) groups excluding carboxylic acids is 1. The topological polar surface area (TPSA) is 107 Å². The lowest BCUT2D eigenvalue weighted by Gasteiger charge is -2.13. The van der Waals surface area contributed by atoms with Crippen LogP contribution in [0, 0.1) is 32.6 Å². The molecular formula is C10H7N3O5. The van der Waals surface area contributed by atoms with E-state index in [-0.39, 0.29) is 12.2 Å². The fourth-order valence-corrected chi connectivity index (χ4v) is 1.28. The minimum atomic E-state index is -0.888. The molecule has 0 bridgehead atoms. The van der Waals surface area contributed by atoms with Crippen molar-refractivity contribution in [3.05, 3.63) is 38.4 Å². The predicted molar refractivity (Wildman–Crippen MR) is 62.0 cm³/mol. The van der Waals surface area contributed by atoms with E-state index in [1.807, 2.05) is 0 Å². The smallest absolute Gasteiger partial charge is 0.303 e. The zero-order chi connectivity index (χ0) is 13.7. The van der Waals surface area contributed by atoms with Crippen molar-refractivity contribution in [2.45, 2.75) is 0 Å². The van der Waals surface area contributed by atoms with Gasteiger partial charge in [-0.2, -0.15) is 0 Å². The number of nitrogens with zero attached hydrogens (tertiary/aromatic N) is 3. The lowest BCUT2D eigenvalue weighted by Crippen LogP contribution is -2.21. The highest BCUT2D eigenvalue weighted by molar-refractivity contribution is 5.78. The summed E-state index contributed by atoms with van der Waals surface area (Å²) in [5.74, 6) is 2.19. The molecule has 1 rings (SSSR count). The fourth-order valence-electron chi connectivity index (χ4n) is 1.28. The third-order valence-corrected chi connectivity index (χ3v) is 2.07. The Bertz CT molecular complexity index is 549. The molecule has 0 saturated heterocycles. The fraction of sp³-hybridized carbons (Fsp3) is 0.100. The van der Waals surface area contributed by atoms with Gasteiger partial charge in [-0.25, -0.2) is 0 Å². The molecule has 0 aliphatic rings. The molecule has 0 unspecified atom stereocenters. The maximum atomic E-state index is 10.7. The van der Waals surface area contributed by atoms with E-state index in [9.17, 15) is 25.0 Å². The Hall–Kier alpha value is -2.95. The summed E-state index contributed by atoms with van der Waals surface area (Å²) in [5, 5.41) is 21.3. The molecule has 1 aromatic rings. The summed E-state index contributed by atoms with van der Waals surface area (Å²) in [6.45, 7) is -0.0849. The standard InChI is InChI=1S/C10H7N3O5/c1-2-5-11(7-14)8-3-4-9(12(15)16)10(6-8)13(17)18/h1,3-4,6-7H,5H2. The maximum Gasteiger partial charge on any atom is 0.348 e. The van der Waals surface area contributed by atoms with Crippen molar-refractivity contribution in [2.75, 3.05) is 11.4 Å². The summed E-state index contributed by atoms with van der Waals surface area (Å²) in [6.07, 6.45) is 5.42. The van der Waals surface area contributed by atoms with Crippen molar-refractivity contribution in [2.24, 2.45) is 0 Å². The molecule has 8 nitrogen and oxygen atoms in total. The average molecular weight is 249 g/mol. The van der Waals surface area contributed by atoms with Gasteiger partial charge >= 0.3 is 11.4 Å². The second-order valence-electron chi connectivity index (χ2n) is 3.12. The molecule has 8 heteroatoms. The third-order valence-electron chi connectivity index (χ3n) is 2.07. The van der Waals surface area contributed by atoms with E-state index in [1.165, 1.54) is 6.07 Å². The molecule has 0 spiro atoms. The van der Waals surface area contributed by atoms with Gasteiger partial charge in [0.15, 0.2) is 0 Å². The first-order valence-electron chi connectivity index (χ1n) is 4.59. The summed E-state index contributed by atoms with van der Waals surface area (Å²) < 4.78 is 0. The van der Waals surface area contributed by atoms with Crippen LogP contribution in [0.5, 0.6) is 0 Å². The zero-order valence-corrected chi connectivity index (χ0v) is 8.98. The van der Waals surface area contributed by atoms with Gasteiger partial charge in [0, 0.05) is 12.1 Å². The molecule has 0 aliphatic heterocycles. The predicted octanol–water partition coefficient (Wildman–Crippen LogP) is 1.10. The van der Waals surface area contributed by atoms with Crippen LogP contribution in [0.15, 0.2) is 18.2 Å². The minimum absolute atomic E-state index is 0.0849. The molecule has 0 N–H and O–H groups in total. The van der Waals surface area contributed by atoms with Gasteiger partial charge in [0.1, 0.15) is 0 Å². The van der Waals surface area contributed by atoms with Crippen LogP contribution in [-0.2, 0) is 4.79 Å². The first kappa shape index (κ1) is 13.1. The van der Waals surface area contributed by atoms with E-state index < -0.39 is 21.2 Å². The quantitative estimate of drug-likeness (QED) is 0.336. The van der Waals surface area contributed by atoms with E-state index in [0.717, 1.165) is 17.0 Å². The number of nitro groups is 2. The molecule has 92 valence electrons. The van der Waals surface area contributed by atoms with Crippen LogP contribution in [0.3, 0.4) is 0 Å². The first-order valence-corrected chi connectivity index (χ1v) is 4.59. The Morgan fingerprint density at radius 1 is 1.28 bits per heavy atom. The molecular weight excluding hydrogens is 242 g/mol. The molecule has 0 saturated carbocycles. The monoisotopic (exact) mass is 249 g/mol. The maximum absolute atomic E-state index is 10.7. The number of amides is 1. The zero-order valence-electron chi connectivity index (χ0n) is 8.98. The molecule has 1 aromatic carbocycles. The van der Waals surface area contributed by atoms with Crippen molar-refractivity contribution < 1.29 is 14.6 Å². The highest BCUT2D eigenvalue weighted by atomic mass is 16.6. The second kappa shape index (κ2) is 5.40. The van der Waals surface area contributed by atoms with E-state index in [4.69, 9.17) is 6.42 Å².